The molecule has 0 aliphatic carbocycles. The average molecular weight is 423 g/mol. The molecular weight excluding hydrogens is 400 g/mol. The molecule has 0 saturated carbocycles. The van der Waals surface area contributed by atoms with Crippen LogP contribution in [-0.4, -0.2) is 56.4 Å². The predicted octanol–water partition coefficient (Wildman–Crippen LogP) is 2.38. The van der Waals surface area contributed by atoms with Crippen molar-refractivity contribution in [3.05, 3.63) is 53.2 Å². The van der Waals surface area contributed by atoms with Crippen LogP contribution in [0.2, 0.25) is 5.02 Å². The summed E-state index contributed by atoms with van der Waals surface area (Å²) >= 11 is 6.21. The quantitative estimate of drug-likeness (QED) is 0.799. The maximum absolute atomic E-state index is 13.0. The lowest BCUT2D eigenvalue weighted by atomic mass is 10.1. The van der Waals surface area contributed by atoms with Crippen molar-refractivity contribution in [2.24, 2.45) is 0 Å². The van der Waals surface area contributed by atoms with Crippen LogP contribution in [0.5, 0.6) is 0 Å². The Balaban J connectivity index is 1.75. The van der Waals surface area contributed by atoms with E-state index in [1.54, 1.807) is 24.9 Å². The SMILES string of the molecule is CC(C)NS(=O)(=O)c1ccc(Cl)c(C(=O)N2CCN(c3ccccn3)CC2)c1. The number of nitrogens with zero attached hydrogens (tertiary/aromatic N) is 3. The van der Waals surface area contributed by atoms with Crippen LogP contribution in [0, 0.1) is 0 Å². The van der Waals surface area contributed by atoms with Crippen molar-refractivity contribution >= 4 is 33.3 Å². The van der Waals surface area contributed by atoms with E-state index in [1.807, 2.05) is 18.2 Å². The van der Waals surface area contributed by atoms with Crippen LogP contribution < -0.4 is 9.62 Å². The number of pyridine rings is 1. The van der Waals surface area contributed by atoms with Crippen molar-refractivity contribution in [3.63, 3.8) is 0 Å². The third-order valence-electron chi connectivity index (χ3n) is 4.41. The third-order valence-corrected chi connectivity index (χ3v) is 6.40. The fourth-order valence-corrected chi connectivity index (χ4v) is 4.54. The first kappa shape index (κ1) is 20.6. The van der Waals surface area contributed by atoms with Gasteiger partial charge < -0.3 is 9.80 Å². The summed E-state index contributed by atoms with van der Waals surface area (Å²) in [5.41, 5.74) is 0.194. The number of carbonyl (C=O) groups excluding carboxylic acids is 1. The fourth-order valence-electron chi connectivity index (χ4n) is 3.06. The van der Waals surface area contributed by atoms with Crippen molar-refractivity contribution in [1.29, 1.82) is 0 Å². The summed E-state index contributed by atoms with van der Waals surface area (Å²) < 4.78 is 27.3. The van der Waals surface area contributed by atoms with Gasteiger partial charge in [0.25, 0.3) is 5.91 Å². The summed E-state index contributed by atoms with van der Waals surface area (Å²) in [6, 6.07) is 9.68. The third kappa shape index (κ3) is 4.63. The molecule has 28 heavy (non-hydrogen) atoms. The molecule has 150 valence electrons. The van der Waals surface area contributed by atoms with Gasteiger partial charge in [0.15, 0.2) is 0 Å². The van der Waals surface area contributed by atoms with Crippen LogP contribution in [0.1, 0.15) is 24.2 Å². The smallest absolute Gasteiger partial charge is 0.255 e. The highest BCUT2D eigenvalue weighted by atomic mass is 35.5. The minimum atomic E-state index is -3.70. The number of carbonyl (C=O) groups is 1. The summed E-state index contributed by atoms with van der Waals surface area (Å²) in [5, 5.41) is 0.237. The number of nitrogens with one attached hydrogen (secondary N) is 1. The number of hydrogen-bond acceptors (Lipinski definition) is 5. The first-order valence-corrected chi connectivity index (χ1v) is 10.9. The molecule has 9 heteroatoms. The maximum atomic E-state index is 13.0. The van der Waals surface area contributed by atoms with Crippen LogP contribution in [0.15, 0.2) is 47.5 Å². The average Bonchev–Trinajstić information content (AvgIpc) is 2.67. The van der Waals surface area contributed by atoms with E-state index in [0.717, 1.165) is 5.82 Å². The molecule has 1 N–H and O–H groups in total. The number of benzene rings is 1. The van der Waals surface area contributed by atoms with Gasteiger partial charge in [-0.05, 0) is 44.2 Å². The lowest BCUT2D eigenvalue weighted by Gasteiger charge is -2.35. The monoisotopic (exact) mass is 422 g/mol. The highest BCUT2D eigenvalue weighted by molar-refractivity contribution is 7.89. The van der Waals surface area contributed by atoms with E-state index in [-0.39, 0.29) is 27.4 Å². The van der Waals surface area contributed by atoms with Crippen molar-refractivity contribution in [1.82, 2.24) is 14.6 Å². The van der Waals surface area contributed by atoms with Gasteiger partial charge >= 0.3 is 0 Å². The van der Waals surface area contributed by atoms with Crippen molar-refractivity contribution in [2.75, 3.05) is 31.1 Å². The molecule has 2 heterocycles. The highest BCUT2D eigenvalue weighted by Gasteiger charge is 2.26. The predicted molar refractivity (Wildman–Crippen MR) is 109 cm³/mol. The molecule has 0 atom stereocenters. The number of rotatable bonds is 5. The number of piperazine rings is 1. The Bertz CT molecular complexity index is 943. The number of sulfonamides is 1. The molecular formula is C19H23ClN4O3S. The van der Waals surface area contributed by atoms with Gasteiger partial charge in [-0.15, -0.1) is 0 Å². The first-order valence-electron chi connectivity index (χ1n) is 9.05. The van der Waals surface area contributed by atoms with Crippen molar-refractivity contribution in [3.8, 4) is 0 Å². The standard InChI is InChI=1S/C19H23ClN4O3S/c1-14(2)22-28(26,27)15-6-7-17(20)16(13-15)19(25)24-11-9-23(10-12-24)18-5-3-4-8-21-18/h3-8,13-14,22H,9-12H2,1-2H3. The van der Waals surface area contributed by atoms with Crippen LogP contribution in [0.4, 0.5) is 5.82 Å². The second kappa shape index (κ2) is 8.46. The zero-order chi connectivity index (χ0) is 20.3. The van der Waals surface area contributed by atoms with Gasteiger partial charge in [-0.2, -0.15) is 0 Å². The number of aromatic nitrogens is 1. The largest absolute Gasteiger partial charge is 0.353 e. The Hall–Kier alpha value is -2.16. The molecule has 3 rings (SSSR count). The number of anilines is 1. The Morgan fingerprint density at radius 2 is 1.86 bits per heavy atom. The maximum Gasteiger partial charge on any atom is 0.255 e. The topological polar surface area (TPSA) is 82.6 Å². The Morgan fingerprint density at radius 3 is 2.46 bits per heavy atom. The van der Waals surface area contributed by atoms with E-state index >= 15 is 0 Å². The van der Waals surface area contributed by atoms with Gasteiger partial charge in [-0.25, -0.2) is 18.1 Å². The molecule has 0 radical (unpaired) electrons. The first-order chi connectivity index (χ1) is 13.3. The Kier molecular flexibility index (Phi) is 6.22. The molecule has 7 nitrogen and oxygen atoms in total. The normalized spacial score (nSPS) is 15.1. The summed E-state index contributed by atoms with van der Waals surface area (Å²) in [6.45, 7) is 5.78. The van der Waals surface area contributed by atoms with Crippen LogP contribution in [-0.2, 0) is 10.0 Å². The molecule has 1 saturated heterocycles. The van der Waals surface area contributed by atoms with Gasteiger partial charge in [-0.1, -0.05) is 17.7 Å². The second-order valence-corrected chi connectivity index (χ2v) is 9.01. The highest BCUT2D eigenvalue weighted by Crippen LogP contribution is 2.23. The zero-order valence-corrected chi connectivity index (χ0v) is 17.4. The van der Waals surface area contributed by atoms with E-state index < -0.39 is 10.0 Å². The molecule has 0 unspecified atom stereocenters. The number of hydrogen-bond donors (Lipinski definition) is 1. The summed E-state index contributed by atoms with van der Waals surface area (Å²) in [5.74, 6) is 0.604. The number of halogens is 1. The summed E-state index contributed by atoms with van der Waals surface area (Å²) in [7, 11) is -3.70. The lowest BCUT2D eigenvalue weighted by Crippen LogP contribution is -2.49. The number of amides is 1. The molecule has 1 aromatic heterocycles. The van der Waals surface area contributed by atoms with Gasteiger partial charge in [0.2, 0.25) is 10.0 Å². The van der Waals surface area contributed by atoms with E-state index in [1.165, 1.54) is 18.2 Å². The molecule has 1 aliphatic rings. The fraction of sp³-hybridized carbons (Fsp3) is 0.368. The molecule has 1 aromatic carbocycles. The van der Waals surface area contributed by atoms with E-state index in [0.29, 0.717) is 26.2 Å². The zero-order valence-electron chi connectivity index (χ0n) is 15.8. The van der Waals surface area contributed by atoms with Crippen molar-refractivity contribution in [2.45, 2.75) is 24.8 Å². The van der Waals surface area contributed by atoms with Gasteiger partial charge in [-0.3, -0.25) is 4.79 Å². The molecule has 2 aromatic rings. The molecule has 0 spiro atoms. The molecule has 0 bridgehead atoms. The van der Waals surface area contributed by atoms with Gasteiger partial charge in [0.1, 0.15) is 5.82 Å². The van der Waals surface area contributed by atoms with Crippen LogP contribution in [0.25, 0.3) is 0 Å². The van der Waals surface area contributed by atoms with E-state index in [4.69, 9.17) is 11.6 Å². The minimum Gasteiger partial charge on any atom is -0.353 e. The van der Waals surface area contributed by atoms with Gasteiger partial charge in [0.05, 0.1) is 15.5 Å². The Labute approximate surface area is 170 Å². The second-order valence-electron chi connectivity index (χ2n) is 6.88. The minimum absolute atomic E-state index is 0.0288. The van der Waals surface area contributed by atoms with E-state index in [9.17, 15) is 13.2 Å². The molecule has 1 amide bonds. The molecule has 1 fully saturated rings. The van der Waals surface area contributed by atoms with Crippen molar-refractivity contribution < 1.29 is 13.2 Å². The van der Waals surface area contributed by atoms with Gasteiger partial charge in [0, 0.05) is 38.4 Å². The Morgan fingerprint density at radius 1 is 1.14 bits per heavy atom. The lowest BCUT2D eigenvalue weighted by molar-refractivity contribution is 0.0746. The van der Waals surface area contributed by atoms with Crippen LogP contribution in [0.3, 0.4) is 0 Å². The van der Waals surface area contributed by atoms with Crippen LogP contribution >= 0.6 is 11.6 Å². The molecule has 1 aliphatic heterocycles. The summed E-state index contributed by atoms with van der Waals surface area (Å²) in [6.07, 6.45) is 1.74. The summed E-state index contributed by atoms with van der Waals surface area (Å²) in [4.78, 5) is 21.1. The van der Waals surface area contributed by atoms with E-state index in [2.05, 4.69) is 14.6 Å².